The van der Waals surface area contributed by atoms with Crippen LogP contribution in [0.15, 0.2) is 97.2 Å². The molecule has 8 nitrogen and oxygen atoms in total. The Bertz CT molecular complexity index is 1430. The molecule has 1 N–H and O–H groups in total. The second-order valence-electron chi connectivity index (χ2n) is 19.1. The third-order valence-corrected chi connectivity index (χ3v) is 11.7. The zero-order chi connectivity index (χ0) is 49.9. The summed E-state index contributed by atoms with van der Waals surface area (Å²) in [5, 5.41) is 9.67. The highest BCUT2D eigenvalue weighted by Crippen LogP contribution is 2.15. The molecule has 0 aromatic rings. The lowest BCUT2D eigenvalue weighted by molar-refractivity contribution is -0.887. The number of nitrogens with zero attached hydrogens (tertiary/aromatic N) is 1. The summed E-state index contributed by atoms with van der Waals surface area (Å²) >= 11 is 0. The molecule has 0 aliphatic carbocycles. The Hall–Kier alpha value is -3.75. The number of esters is 2. The topological polar surface area (TPSA) is 99.1 Å². The minimum Gasteiger partial charge on any atom is -0.477 e. The van der Waals surface area contributed by atoms with Gasteiger partial charge in [-0.25, -0.2) is 4.79 Å². The quantitative estimate of drug-likeness (QED) is 0.0281. The van der Waals surface area contributed by atoms with Crippen LogP contribution < -0.4 is 0 Å². The normalized spacial score (nSPS) is 13.6. The molecule has 0 fully saturated rings. The largest absolute Gasteiger partial charge is 0.477 e. The lowest BCUT2D eigenvalue weighted by atomic mass is 10.0. The number of rotatable bonds is 48. The fraction of sp³-hybridized carbons (Fsp3) is 0.683. The molecule has 0 amide bonds. The van der Waals surface area contributed by atoms with Crippen molar-refractivity contribution >= 4 is 17.9 Å². The summed E-state index contributed by atoms with van der Waals surface area (Å²) in [6.07, 6.45) is 67.5. The van der Waals surface area contributed by atoms with Gasteiger partial charge in [0.15, 0.2) is 12.1 Å². The molecule has 2 atom stereocenters. The minimum absolute atomic E-state index is 0.0459. The second-order valence-corrected chi connectivity index (χ2v) is 19.1. The first-order chi connectivity index (χ1) is 33.1. The molecule has 0 saturated carbocycles. The molecule has 388 valence electrons. The summed E-state index contributed by atoms with van der Waals surface area (Å²) in [5.74, 6) is -1.50. The van der Waals surface area contributed by atoms with Gasteiger partial charge in [-0.1, -0.05) is 201 Å². The number of unbranched alkanes of at least 4 members (excludes halogenated alkanes) is 18. The van der Waals surface area contributed by atoms with Crippen LogP contribution in [-0.2, 0) is 28.6 Å². The van der Waals surface area contributed by atoms with Crippen molar-refractivity contribution in [3.8, 4) is 0 Å². The van der Waals surface area contributed by atoms with Crippen molar-refractivity contribution < 1.29 is 38.2 Å². The van der Waals surface area contributed by atoms with E-state index in [1.54, 1.807) is 0 Å². The zero-order valence-electron chi connectivity index (χ0n) is 44.3. The van der Waals surface area contributed by atoms with Crippen LogP contribution >= 0.6 is 0 Å². The highest BCUT2D eigenvalue weighted by molar-refractivity contribution is 5.72. The number of aliphatic carboxylic acids is 1. The van der Waals surface area contributed by atoms with Crippen LogP contribution in [0.3, 0.4) is 0 Å². The summed E-state index contributed by atoms with van der Waals surface area (Å²) in [6.45, 7) is 4.50. The molecule has 0 heterocycles. The first-order valence-corrected chi connectivity index (χ1v) is 27.3. The van der Waals surface area contributed by atoms with Gasteiger partial charge in [0, 0.05) is 19.3 Å². The molecule has 0 radical (unpaired) electrons. The Morgan fingerprint density at radius 1 is 0.441 bits per heavy atom. The zero-order valence-corrected chi connectivity index (χ0v) is 44.3. The molecule has 0 aliphatic heterocycles. The summed E-state index contributed by atoms with van der Waals surface area (Å²) in [4.78, 5) is 37.2. The lowest BCUT2D eigenvalue weighted by Gasteiger charge is -2.31. The van der Waals surface area contributed by atoms with E-state index in [2.05, 4.69) is 111 Å². The van der Waals surface area contributed by atoms with E-state index in [1.165, 1.54) is 77.0 Å². The van der Waals surface area contributed by atoms with Gasteiger partial charge in [-0.3, -0.25) is 9.59 Å². The molecule has 0 saturated heterocycles. The predicted molar refractivity (Wildman–Crippen MR) is 289 cm³/mol. The van der Waals surface area contributed by atoms with E-state index in [9.17, 15) is 19.5 Å². The van der Waals surface area contributed by atoms with Crippen LogP contribution in [0.4, 0.5) is 0 Å². The smallest absolute Gasteiger partial charge is 0.362 e. The van der Waals surface area contributed by atoms with Crippen molar-refractivity contribution in [3.63, 3.8) is 0 Å². The molecule has 0 aromatic carbocycles. The average Bonchev–Trinajstić information content (AvgIpc) is 3.30. The Labute approximate surface area is 417 Å². The summed E-state index contributed by atoms with van der Waals surface area (Å²) in [7, 11) is 5.52. The van der Waals surface area contributed by atoms with E-state index in [4.69, 9.17) is 14.2 Å². The van der Waals surface area contributed by atoms with Crippen LogP contribution in [0, 0.1) is 0 Å². The van der Waals surface area contributed by atoms with Crippen molar-refractivity contribution in [2.45, 2.75) is 225 Å². The number of hydrogen-bond acceptors (Lipinski definition) is 6. The average molecular weight is 949 g/mol. The maximum Gasteiger partial charge on any atom is 0.362 e. The van der Waals surface area contributed by atoms with Crippen molar-refractivity contribution in [1.29, 1.82) is 0 Å². The summed E-state index contributed by atoms with van der Waals surface area (Å²) < 4.78 is 17.4. The number of carbonyl (C=O) groups is 3. The Morgan fingerprint density at radius 3 is 1.15 bits per heavy atom. The van der Waals surface area contributed by atoms with Crippen LogP contribution in [0.1, 0.15) is 213 Å². The van der Waals surface area contributed by atoms with Crippen molar-refractivity contribution in [2.24, 2.45) is 0 Å². The second kappa shape index (κ2) is 49.7. The van der Waals surface area contributed by atoms with Gasteiger partial charge in [0.25, 0.3) is 0 Å². The Morgan fingerprint density at radius 2 is 0.779 bits per heavy atom. The third kappa shape index (κ3) is 47.3. The molecule has 68 heavy (non-hydrogen) atoms. The molecule has 0 aromatic heterocycles. The van der Waals surface area contributed by atoms with Gasteiger partial charge in [-0.2, -0.15) is 0 Å². The molecular weight excluding hydrogens is 847 g/mol. The number of carbonyl (C=O) groups excluding carboxylic acids is 2. The van der Waals surface area contributed by atoms with Crippen LogP contribution in [0.25, 0.3) is 0 Å². The maximum atomic E-state index is 12.8. The van der Waals surface area contributed by atoms with Gasteiger partial charge in [-0.15, -0.1) is 0 Å². The van der Waals surface area contributed by atoms with Gasteiger partial charge in [0.2, 0.25) is 0 Å². The number of hydrogen-bond donors (Lipinski definition) is 1. The van der Waals surface area contributed by atoms with Crippen molar-refractivity contribution in [2.75, 3.05) is 41.0 Å². The Balaban J connectivity index is 4.27. The van der Waals surface area contributed by atoms with E-state index >= 15 is 0 Å². The fourth-order valence-corrected chi connectivity index (χ4v) is 7.60. The number of carboxylic acids is 1. The third-order valence-electron chi connectivity index (χ3n) is 11.7. The van der Waals surface area contributed by atoms with Crippen molar-refractivity contribution in [1.82, 2.24) is 0 Å². The Kier molecular flexibility index (Phi) is 46.9. The fourth-order valence-electron chi connectivity index (χ4n) is 7.60. The highest BCUT2D eigenvalue weighted by Gasteiger charge is 2.31. The minimum atomic E-state index is -0.881. The number of ether oxygens (including phenoxy) is 3. The van der Waals surface area contributed by atoms with Gasteiger partial charge in [-0.05, 0) is 89.9 Å². The van der Waals surface area contributed by atoms with E-state index in [0.717, 1.165) is 103 Å². The van der Waals surface area contributed by atoms with Gasteiger partial charge >= 0.3 is 17.9 Å². The molecule has 0 bridgehead atoms. The number of carboxylic acid groups (broad SMARTS) is 1. The first kappa shape index (κ1) is 64.2. The summed E-state index contributed by atoms with van der Waals surface area (Å²) in [6, 6.07) is -0.626. The van der Waals surface area contributed by atoms with Crippen LogP contribution in [0.2, 0.25) is 0 Å². The monoisotopic (exact) mass is 949 g/mol. The molecular formula is C60H102NO7+. The van der Waals surface area contributed by atoms with Gasteiger partial charge in [0.05, 0.1) is 34.4 Å². The van der Waals surface area contributed by atoms with Crippen LogP contribution in [-0.4, -0.2) is 80.6 Å². The van der Waals surface area contributed by atoms with Gasteiger partial charge in [0.1, 0.15) is 6.61 Å². The molecule has 2 unspecified atom stereocenters. The van der Waals surface area contributed by atoms with E-state index < -0.39 is 18.1 Å². The number of likely N-dealkylation sites (N-methyl/N-ethyl adjacent to an activating group) is 1. The van der Waals surface area contributed by atoms with E-state index in [-0.39, 0.29) is 36.2 Å². The molecule has 0 spiro atoms. The van der Waals surface area contributed by atoms with E-state index in [0.29, 0.717) is 19.3 Å². The molecule has 0 aliphatic rings. The SMILES string of the molecule is CC/C=C/C/C=C/C/C=C/C/C=C/C/C=C/C/C=C/CCCCCCC(=O)OC(COCCC(C(=O)O)[N+](C)(C)C)COC(=O)CCCCCCCCCCCCCCCC/C=C/C/C=C/CC. The molecule has 8 heteroatoms. The van der Waals surface area contributed by atoms with Crippen molar-refractivity contribution in [3.05, 3.63) is 97.2 Å². The number of allylic oxidation sites excluding steroid dienone is 16. The maximum absolute atomic E-state index is 12.8. The standard InChI is InChI=1S/C60H101NO7/c1-6-8-10-12-14-16-18-20-22-24-26-28-29-31-33-35-37-39-41-43-45-47-49-51-59(63)68-56(54-66-53-52-57(60(64)65)61(3,4)5)55-67-58(62)50-48-46-44-42-40-38-36-34-32-30-27-25-23-21-19-17-15-13-11-9-7-2/h8-11,14-17,20,22,26,28,31,33,37,39,56-57H,6-7,12-13,18-19,21,23-25,27,29-30,32,34-36,38,40-55H2,1-5H3/p+1/b10-8+,11-9+,16-14+,17-15+,22-20+,28-26+,33-31+,39-37+. The number of quaternary nitrogens is 1. The predicted octanol–water partition coefficient (Wildman–Crippen LogP) is 16.2. The lowest BCUT2D eigenvalue weighted by Crippen LogP contribution is -2.50. The molecule has 0 rings (SSSR count). The highest BCUT2D eigenvalue weighted by atomic mass is 16.6. The van der Waals surface area contributed by atoms with Crippen LogP contribution in [0.5, 0.6) is 0 Å². The van der Waals surface area contributed by atoms with E-state index in [1.807, 2.05) is 21.1 Å². The summed E-state index contributed by atoms with van der Waals surface area (Å²) in [5.41, 5.74) is 0. The van der Waals surface area contributed by atoms with Gasteiger partial charge < -0.3 is 23.8 Å². The first-order valence-electron chi connectivity index (χ1n) is 27.3.